The number of unbranched alkanes of at least 4 members (excludes halogenated alkanes) is 3. The number of hydrogen-bond donors (Lipinski definition) is 11. The van der Waals surface area contributed by atoms with E-state index in [2.05, 4.69) is 58.1 Å². The average Bonchev–Trinajstić information content (AvgIpc) is 1.40. The van der Waals surface area contributed by atoms with Gasteiger partial charge in [0.1, 0.15) is 30.2 Å². The highest BCUT2D eigenvalue weighted by molar-refractivity contribution is 9.10. The van der Waals surface area contributed by atoms with Gasteiger partial charge in [0.05, 0.1) is 35.7 Å². The van der Waals surface area contributed by atoms with E-state index >= 15 is 0 Å². The van der Waals surface area contributed by atoms with Gasteiger partial charge in [-0.2, -0.15) is 8.78 Å². The van der Waals surface area contributed by atoms with Gasteiger partial charge in [0.2, 0.25) is 41.4 Å². The van der Waals surface area contributed by atoms with Crippen molar-refractivity contribution in [1.29, 1.82) is 0 Å². The molecule has 0 bridgehead atoms. The van der Waals surface area contributed by atoms with Gasteiger partial charge in [-0.05, 0) is 109 Å². The number of aryl methyl sites for hydroxylation is 2. The van der Waals surface area contributed by atoms with E-state index in [1.807, 2.05) is 38.1 Å². The molecule has 1 aliphatic rings. The number of phenols is 1. The van der Waals surface area contributed by atoms with Crippen molar-refractivity contribution in [3.8, 4) is 21.9 Å². The number of amides is 8. The number of benzene rings is 5. The molecule has 5 aromatic carbocycles. The minimum atomic E-state index is -5.97. The highest BCUT2D eigenvalue weighted by Crippen LogP contribution is 2.59. The number of aromatic hydroxyl groups is 1. The zero-order valence-corrected chi connectivity index (χ0v) is 58.7. The van der Waals surface area contributed by atoms with Gasteiger partial charge in [-0.3, -0.25) is 42.9 Å². The van der Waals surface area contributed by atoms with E-state index in [4.69, 9.17) is 4.74 Å². The minimum Gasteiger partial charge on any atom is -0.504 e. The molecule has 1 saturated heterocycles. The number of ether oxygens (including phenoxy) is 1. The molecular weight excluding hydrogens is 1370 g/mol. The van der Waals surface area contributed by atoms with E-state index in [9.17, 15) is 71.7 Å². The maximum absolute atomic E-state index is 14.8. The molecule has 1 aliphatic heterocycles. The van der Waals surface area contributed by atoms with Crippen LogP contribution in [0, 0.1) is 19.3 Å². The monoisotopic (exact) mass is 1460 g/mol. The third kappa shape index (κ3) is 22.0. The first-order valence-electron chi connectivity index (χ1n) is 32.1. The Morgan fingerprint density at radius 1 is 0.714 bits per heavy atom. The van der Waals surface area contributed by atoms with E-state index in [0.29, 0.717) is 42.4 Å². The lowest BCUT2D eigenvalue weighted by molar-refractivity contribution is -0.144. The Labute approximate surface area is 580 Å². The molecule has 28 heteroatoms. The molecule has 1 fully saturated rings. The van der Waals surface area contributed by atoms with Gasteiger partial charge >= 0.3 is 13.3 Å². The fraction of sp³-hybridized carbons (Fsp3) is 0.414. The first-order valence-corrected chi connectivity index (χ1v) is 35.4. The van der Waals surface area contributed by atoms with E-state index < -0.39 is 108 Å². The molecule has 0 saturated carbocycles. The maximum atomic E-state index is 14.8. The van der Waals surface area contributed by atoms with Crippen LogP contribution in [0.3, 0.4) is 0 Å². The van der Waals surface area contributed by atoms with Crippen LogP contribution < -0.4 is 42.0 Å². The SMILES string of the molecule is COc1cc(CC(=O)NC(Cc2ccccc2)C(=O)NC(Cc2ccc(C(F)(F)P(=O)(O)O)cc2)C(=O)NC(CCCCNC(=O)c2ccc(C)c(Br)c2)C(=O)NCCCCCC(=O)NC(C(=O)N2CC(O)CC2C(=O)NCc2ccc(-c3scnc3C)cc2)C(C)(C)C)ccc1O. The smallest absolute Gasteiger partial charge is 0.399 e. The third-order valence-corrected chi connectivity index (χ3v) is 19.5. The number of alkyl halides is 2. The first kappa shape index (κ1) is 76.9. The summed E-state index contributed by atoms with van der Waals surface area (Å²) in [5.41, 5.74) is 0.637. The zero-order chi connectivity index (χ0) is 71.5. The van der Waals surface area contributed by atoms with Crippen LogP contribution in [0.25, 0.3) is 10.4 Å². The number of aromatic nitrogens is 1. The van der Waals surface area contributed by atoms with E-state index in [-0.39, 0.29) is 87.7 Å². The summed E-state index contributed by atoms with van der Waals surface area (Å²) in [7, 11) is -4.64. The normalized spacial score (nSPS) is 15.2. The van der Waals surface area contributed by atoms with Crippen molar-refractivity contribution in [1.82, 2.24) is 47.1 Å². The van der Waals surface area contributed by atoms with Gasteiger partial charge in [-0.15, -0.1) is 11.3 Å². The van der Waals surface area contributed by atoms with Gasteiger partial charge in [0, 0.05) is 67.5 Å². The van der Waals surface area contributed by atoms with Crippen molar-refractivity contribution in [3.63, 3.8) is 0 Å². The maximum Gasteiger partial charge on any atom is 0.399 e. The molecule has 6 atom stereocenters. The van der Waals surface area contributed by atoms with Crippen LogP contribution in [-0.2, 0) is 69.6 Å². The lowest BCUT2D eigenvalue weighted by atomic mass is 9.85. The molecule has 8 amide bonds. The highest BCUT2D eigenvalue weighted by Gasteiger charge is 2.50. The fourth-order valence-corrected chi connectivity index (χ4v) is 12.7. The predicted molar refractivity (Wildman–Crippen MR) is 369 cm³/mol. The number of nitrogens with zero attached hydrogens (tertiary/aromatic N) is 2. The van der Waals surface area contributed by atoms with Crippen LogP contribution in [0.2, 0.25) is 0 Å². The second kappa shape index (κ2) is 35.4. The largest absolute Gasteiger partial charge is 0.504 e. The second-order valence-electron chi connectivity index (χ2n) is 25.4. The Kier molecular flexibility index (Phi) is 27.7. The summed E-state index contributed by atoms with van der Waals surface area (Å²) in [6.45, 7) is 9.48. The molecule has 11 N–H and O–H groups in total. The number of methoxy groups -OCH3 is 1. The number of thiazole rings is 1. The lowest BCUT2D eigenvalue weighted by Crippen LogP contribution is -2.57. The molecule has 2 heterocycles. The molecule has 7 rings (SSSR count). The Balaban J connectivity index is 1.01. The summed E-state index contributed by atoms with van der Waals surface area (Å²) in [6.07, 6.45) is -0.0307. The van der Waals surface area contributed by atoms with Crippen LogP contribution in [0.15, 0.2) is 125 Å². The van der Waals surface area contributed by atoms with Crippen molar-refractivity contribution in [2.75, 3.05) is 26.7 Å². The van der Waals surface area contributed by atoms with E-state index in [1.54, 1.807) is 74.8 Å². The number of hydrogen-bond acceptors (Lipinski definition) is 14. The van der Waals surface area contributed by atoms with Crippen LogP contribution in [0.4, 0.5) is 8.78 Å². The van der Waals surface area contributed by atoms with Gasteiger partial charge < -0.3 is 66.9 Å². The van der Waals surface area contributed by atoms with Gasteiger partial charge in [-0.1, -0.05) is 134 Å². The molecule has 1 aromatic heterocycles. The zero-order valence-electron chi connectivity index (χ0n) is 55.4. The Morgan fingerprint density at radius 2 is 1.34 bits per heavy atom. The van der Waals surface area contributed by atoms with Gasteiger partial charge in [0.25, 0.3) is 5.91 Å². The summed E-state index contributed by atoms with van der Waals surface area (Å²) < 4.78 is 47.4. The quantitative estimate of drug-likeness (QED) is 0.0139. The molecule has 0 spiro atoms. The van der Waals surface area contributed by atoms with E-state index in [1.165, 1.54) is 41.5 Å². The molecule has 0 radical (unpaired) electrons. The summed E-state index contributed by atoms with van der Waals surface area (Å²) in [6, 6.07) is 23.2. The van der Waals surface area contributed by atoms with Crippen LogP contribution in [0.1, 0.15) is 122 Å². The molecule has 98 heavy (non-hydrogen) atoms. The fourth-order valence-electron chi connectivity index (χ4n) is 11.0. The number of β-amino-alcohol motifs (C(OH)–C–C–N with tert-alkyl or cyclic N) is 1. The molecule has 6 unspecified atom stereocenters. The van der Waals surface area contributed by atoms with Crippen molar-refractivity contribution >= 4 is 82.1 Å². The number of aliphatic hydroxyl groups is 1. The van der Waals surface area contributed by atoms with Crippen LogP contribution in [0.5, 0.6) is 11.5 Å². The summed E-state index contributed by atoms with van der Waals surface area (Å²) >= 11 is 4.97. The number of rotatable bonds is 33. The summed E-state index contributed by atoms with van der Waals surface area (Å²) in [5.74, 6) is -4.86. The number of likely N-dealkylation sites (tertiary alicyclic amines) is 1. The Bertz CT molecular complexity index is 3820. The molecule has 6 aromatic rings. The Morgan fingerprint density at radius 3 is 1.97 bits per heavy atom. The summed E-state index contributed by atoms with van der Waals surface area (Å²) in [5, 5.41) is 40.5. The minimum absolute atomic E-state index is 0.00385. The number of nitrogens with one attached hydrogen (secondary N) is 7. The van der Waals surface area contributed by atoms with Crippen molar-refractivity contribution < 1.29 is 76.4 Å². The molecule has 23 nitrogen and oxygen atoms in total. The highest BCUT2D eigenvalue weighted by atomic mass is 79.9. The average molecular weight is 1460 g/mol. The predicted octanol–water partition coefficient (Wildman–Crippen LogP) is 7.70. The molecule has 526 valence electrons. The van der Waals surface area contributed by atoms with E-state index in [0.717, 1.165) is 56.0 Å². The Hall–Kier alpha value is -8.46. The standard InChI is InChI=1S/C70H85BrF2N9O14PS/c1-42-19-25-49(37-52(42)71)63(87)74-32-14-12-17-53(64(88)75-31-13-8-11-18-59(85)81-62(69(3,4)5)68(92)82-40-51(83)38-56(82)67(91)76-39-46-20-26-48(27-21-46)61-43(2)77-41-98-61)79-66(90)55(34-45-22-28-50(29-23-45)70(72,73)97(93,94)95)80-65(89)54(33-44-15-9-7-10-16-44)78-60(86)36-47-24-30-57(84)58(35-47)96-6/h7,9-10,15-16,19-30,35,37,41,51,53-56,62,83-84H,8,11-14,17-18,31-34,36,38-40H2,1-6H3,(H,74,87)(H,75,88)(H,76,91)(H,78,86)(H,79,90)(H,80,89)(H,81,85)(H2,93,94,95). The van der Waals surface area contributed by atoms with Crippen LogP contribution in [-0.4, -0.2) is 140 Å². The van der Waals surface area contributed by atoms with Crippen LogP contribution >= 0.6 is 34.9 Å². The third-order valence-electron chi connectivity index (χ3n) is 16.6. The van der Waals surface area contributed by atoms with Crippen molar-refractivity contribution in [3.05, 3.63) is 170 Å². The van der Waals surface area contributed by atoms with Gasteiger partial charge in [-0.25, -0.2) is 4.98 Å². The first-order chi connectivity index (χ1) is 46.4. The van der Waals surface area contributed by atoms with Crippen molar-refractivity contribution in [2.45, 2.75) is 154 Å². The number of halogens is 3. The van der Waals surface area contributed by atoms with Crippen molar-refractivity contribution in [2.24, 2.45) is 5.41 Å². The second-order valence-corrected chi connectivity index (χ2v) is 28.7. The molecular formula is C70H85BrF2N9O14PS. The molecule has 0 aliphatic carbocycles. The summed E-state index contributed by atoms with van der Waals surface area (Å²) in [4.78, 5) is 138. The number of carbonyl (C=O) groups is 8. The number of aliphatic hydroxyl groups excluding tert-OH is 1. The number of phenolic OH excluding ortho intramolecular Hbond substituents is 1. The number of carbonyl (C=O) groups excluding carboxylic acids is 8. The van der Waals surface area contributed by atoms with Gasteiger partial charge in [0.15, 0.2) is 11.5 Å². The topological polar surface area (TPSA) is 344 Å². The lowest BCUT2D eigenvalue weighted by Gasteiger charge is -2.35.